The summed E-state index contributed by atoms with van der Waals surface area (Å²) in [5.74, 6) is 0. The van der Waals surface area contributed by atoms with Gasteiger partial charge in [-0.15, -0.1) is 0 Å². The normalized spacial score (nSPS) is 11.1. The van der Waals surface area contributed by atoms with E-state index in [1.807, 2.05) is 12.1 Å². The second-order valence-electron chi connectivity index (χ2n) is 11.5. The second-order valence-corrected chi connectivity index (χ2v) is 12.4. The van der Waals surface area contributed by atoms with Gasteiger partial charge in [-0.2, -0.15) is 0 Å². The average Bonchev–Trinajstić information content (AvgIpc) is 3.68. The summed E-state index contributed by atoms with van der Waals surface area (Å²) in [6, 6.07) is 63.7. The van der Waals surface area contributed by atoms with Crippen LogP contribution in [0.4, 0.5) is 0 Å². The molecule has 2 aromatic heterocycles. The van der Waals surface area contributed by atoms with E-state index in [2.05, 4.69) is 195 Å². The number of nitrogens with zero attached hydrogens (tertiary/aromatic N) is 1. The minimum Gasteiger partial charge on any atom is -0.355 e. The van der Waals surface area contributed by atoms with Crippen molar-refractivity contribution >= 4 is 81.1 Å². The molecule has 10 rings (SSSR count). The third-order valence-corrected chi connectivity index (χ3v) is 9.43. The summed E-state index contributed by atoms with van der Waals surface area (Å²) in [5.41, 5.74) is 6.17. The largest absolute Gasteiger partial charge is 0.355 e. The zero-order chi connectivity index (χ0) is 31.6. The molecule has 8 aromatic carbocycles. The zero-order valence-electron chi connectivity index (χ0n) is 25.6. The molecule has 224 valence electrons. The van der Waals surface area contributed by atoms with Gasteiger partial charge in [0.2, 0.25) is 0 Å². The van der Waals surface area contributed by atoms with Crippen LogP contribution in [0.5, 0.6) is 0 Å². The molecule has 1 N–H and O–H groups in total. The third kappa shape index (κ3) is 5.45. The fourth-order valence-electron chi connectivity index (χ4n) is 6.57. The molecule has 0 fully saturated rings. The molecule has 0 aliphatic carbocycles. The molecule has 2 heterocycles. The number of halogens is 1. The van der Waals surface area contributed by atoms with E-state index >= 15 is 0 Å². The summed E-state index contributed by atoms with van der Waals surface area (Å²) in [4.78, 5) is 3.38. The van der Waals surface area contributed by atoms with Crippen LogP contribution in [0.15, 0.2) is 186 Å². The van der Waals surface area contributed by atoms with Gasteiger partial charge < -0.3 is 9.55 Å². The maximum atomic E-state index is 3.50. The average molecular weight is 668 g/mol. The third-order valence-electron chi connectivity index (χ3n) is 8.74. The van der Waals surface area contributed by atoms with Crippen LogP contribution in [0.1, 0.15) is 0 Å². The Balaban J connectivity index is 0.000000114. The van der Waals surface area contributed by atoms with Gasteiger partial charge >= 0.3 is 0 Å². The highest BCUT2D eigenvalue weighted by atomic mass is 79.9. The number of hydrogen-bond donors (Lipinski definition) is 1. The maximum Gasteiger partial charge on any atom is 0.0541 e. The topological polar surface area (TPSA) is 20.7 Å². The van der Waals surface area contributed by atoms with E-state index in [0.29, 0.717) is 0 Å². The number of nitrogens with one attached hydrogen (secondary N) is 1. The molecule has 0 amide bonds. The van der Waals surface area contributed by atoms with Crippen molar-refractivity contribution in [1.82, 2.24) is 9.55 Å². The SMILES string of the molecule is Brc1cccc2ccccc12.c1ccc2c(-n3c4ccccc4c4ccccc43)cccc2c1.c1ccc2c(c1)[nH]c1ccccc12. The summed E-state index contributed by atoms with van der Waals surface area (Å²) in [5, 5.41) is 10.3. The lowest BCUT2D eigenvalue weighted by Crippen LogP contribution is -1.94. The van der Waals surface area contributed by atoms with Crippen LogP contribution in [0.3, 0.4) is 0 Å². The Morgan fingerprint density at radius 1 is 0.340 bits per heavy atom. The number of para-hydroxylation sites is 4. The van der Waals surface area contributed by atoms with Crippen LogP contribution in [-0.4, -0.2) is 9.55 Å². The predicted octanol–water partition coefficient (Wildman–Crippen LogP) is 12.9. The molecule has 0 unspecified atom stereocenters. The van der Waals surface area contributed by atoms with Crippen LogP contribution >= 0.6 is 15.9 Å². The molecule has 0 aliphatic heterocycles. The number of aromatic nitrogens is 2. The Bertz CT molecular complexity index is 2550. The van der Waals surface area contributed by atoms with Gasteiger partial charge in [-0.3, -0.25) is 0 Å². The summed E-state index contributed by atoms with van der Waals surface area (Å²) in [6.07, 6.45) is 0. The quantitative estimate of drug-likeness (QED) is 0.180. The van der Waals surface area contributed by atoms with Gasteiger partial charge in [0.15, 0.2) is 0 Å². The van der Waals surface area contributed by atoms with E-state index in [4.69, 9.17) is 0 Å². The van der Waals surface area contributed by atoms with Crippen LogP contribution in [0.25, 0.3) is 70.8 Å². The molecular formula is C44H31BrN2. The molecule has 0 bridgehead atoms. The van der Waals surface area contributed by atoms with Crippen molar-refractivity contribution in [3.63, 3.8) is 0 Å². The summed E-state index contributed by atoms with van der Waals surface area (Å²) in [6.45, 7) is 0. The Morgan fingerprint density at radius 2 is 0.745 bits per heavy atom. The molecule has 3 heteroatoms. The van der Waals surface area contributed by atoms with E-state index in [1.165, 1.54) is 70.8 Å². The van der Waals surface area contributed by atoms with Crippen molar-refractivity contribution < 1.29 is 0 Å². The lowest BCUT2D eigenvalue weighted by Gasteiger charge is -2.11. The van der Waals surface area contributed by atoms with Crippen molar-refractivity contribution in [3.8, 4) is 5.69 Å². The lowest BCUT2D eigenvalue weighted by molar-refractivity contribution is 1.20. The fraction of sp³-hybridized carbons (Fsp3) is 0. The van der Waals surface area contributed by atoms with Crippen molar-refractivity contribution in [2.24, 2.45) is 0 Å². The minimum atomic E-state index is 1.16. The zero-order valence-corrected chi connectivity index (χ0v) is 27.2. The Kier molecular flexibility index (Phi) is 7.74. The first-order valence-corrected chi connectivity index (χ1v) is 16.6. The van der Waals surface area contributed by atoms with Crippen molar-refractivity contribution in [2.45, 2.75) is 0 Å². The molecule has 0 saturated heterocycles. The van der Waals surface area contributed by atoms with Crippen LogP contribution in [0, 0.1) is 0 Å². The molecular weight excluding hydrogens is 636 g/mol. The van der Waals surface area contributed by atoms with Crippen molar-refractivity contribution in [3.05, 3.63) is 186 Å². The van der Waals surface area contributed by atoms with Crippen molar-refractivity contribution in [2.75, 3.05) is 0 Å². The molecule has 47 heavy (non-hydrogen) atoms. The lowest BCUT2D eigenvalue weighted by atomic mass is 10.1. The minimum absolute atomic E-state index is 1.16. The van der Waals surface area contributed by atoms with E-state index in [0.717, 1.165) is 4.47 Å². The van der Waals surface area contributed by atoms with Gasteiger partial charge in [0.1, 0.15) is 0 Å². The fourth-order valence-corrected chi connectivity index (χ4v) is 7.08. The summed E-state index contributed by atoms with van der Waals surface area (Å²) in [7, 11) is 0. The van der Waals surface area contributed by atoms with E-state index < -0.39 is 0 Å². The van der Waals surface area contributed by atoms with Crippen LogP contribution in [-0.2, 0) is 0 Å². The Morgan fingerprint density at radius 3 is 1.32 bits per heavy atom. The van der Waals surface area contributed by atoms with Gasteiger partial charge in [0, 0.05) is 42.4 Å². The van der Waals surface area contributed by atoms with E-state index in [1.54, 1.807) is 0 Å². The molecule has 0 spiro atoms. The number of rotatable bonds is 1. The monoisotopic (exact) mass is 666 g/mol. The maximum absolute atomic E-state index is 3.50. The molecule has 0 atom stereocenters. The molecule has 0 aliphatic rings. The number of benzene rings is 8. The van der Waals surface area contributed by atoms with Crippen LogP contribution < -0.4 is 0 Å². The number of fused-ring (bicyclic) bond motifs is 8. The highest BCUT2D eigenvalue weighted by Gasteiger charge is 2.12. The molecule has 2 nitrogen and oxygen atoms in total. The second kappa shape index (κ2) is 12.6. The number of H-pyrrole nitrogens is 1. The first kappa shape index (κ1) is 28.8. The highest BCUT2D eigenvalue weighted by molar-refractivity contribution is 9.10. The first-order valence-electron chi connectivity index (χ1n) is 15.8. The van der Waals surface area contributed by atoms with Crippen molar-refractivity contribution in [1.29, 1.82) is 0 Å². The van der Waals surface area contributed by atoms with Gasteiger partial charge in [-0.05, 0) is 52.6 Å². The molecule has 10 aromatic rings. The smallest absolute Gasteiger partial charge is 0.0541 e. The Hall–Kier alpha value is -5.64. The highest BCUT2D eigenvalue weighted by Crippen LogP contribution is 2.34. The number of hydrogen-bond acceptors (Lipinski definition) is 0. The van der Waals surface area contributed by atoms with E-state index in [-0.39, 0.29) is 0 Å². The predicted molar refractivity (Wildman–Crippen MR) is 206 cm³/mol. The standard InChI is InChI=1S/C22H15N.C12H9N.C10H7Br/c1-2-10-17-16(8-1)9-7-15-20(17)23-21-13-5-3-11-18(21)19-12-4-6-14-22(19)23;1-3-7-11-9(5-1)10-6-2-4-8-12(10)13-11;11-10-7-3-5-8-4-1-2-6-9(8)10/h1-15H;1-8,13H;1-7H. The molecule has 0 saturated carbocycles. The van der Waals surface area contributed by atoms with E-state index in [9.17, 15) is 0 Å². The summed E-state index contributed by atoms with van der Waals surface area (Å²) < 4.78 is 3.54. The summed E-state index contributed by atoms with van der Waals surface area (Å²) >= 11 is 3.50. The van der Waals surface area contributed by atoms with Gasteiger partial charge in [-0.25, -0.2) is 0 Å². The first-order chi connectivity index (χ1) is 23.3. The molecule has 0 radical (unpaired) electrons. The van der Waals surface area contributed by atoms with Gasteiger partial charge in [0.05, 0.1) is 16.7 Å². The number of aromatic amines is 1. The Labute approximate surface area is 281 Å². The van der Waals surface area contributed by atoms with Gasteiger partial charge in [0.25, 0.3) is 0 Å². The van der Waals surface area contributed by atoms with Crippen LogP contribution in [0.2, 0.25) is 0 Å². The van der Waals surface area contributed by atoms with Gasteiger partial charge in [-0.1, -0.05) is 162 Å².